The SMILES string of the molecule is CCC(Cc1ccnc(F)c1)C(=O)O. The predicted molar refractivity (Wildman–Crippen MR) is 49.3 cm³/mol. The number of halogens is 1. The van der Waals surface area contributed by atoms with Crippen molar-refractivity contribution < 1.29 is 14.3 Å². The van der Waals surface area contributed by atoms with Crippen molar-refractivity contribution >= 4 is 5.97 Å². The van der Waals surface area contributed by atoms with Gasteiger partial charge in [0, 0.05) is 6.20 Å². The van der Waals surface area contributed by atoms with Gasteiger partial charge in [-0.3, -0.25) is 4.79 Å². The van der Waals surface area contributed by atoms with E-state index in [1.807, 2.05) is 0 Å². The lowest BCUT2D eigenvalue weighted by atomic mass is 9.98. The minimum absolute atomic E-state index is 0.352. The van der Waals surface area contributed by atoms with Gasteiger partial charge in [0.15, 0.2) is 0 Å². The largest absolute Gasteiger partial charge is 0.481 e. The Labute approximate surface area is 81.6 Å². The van der Waals surface area contributed by atoms with E-state index in [1.165, 1.54) is 12.3 Å². The molecule has 0 aliphatic heterocycles. The third-order valence-corrected chi connectivity index (χ3v) is 2.12. The molecule has 1 unspecified atom stereocenters. The molecular formula is C10H12FNO2. The van der Waals surface area contributed by atoms with Gasteiger partial charge in [-0.2, -0.15) is 4.39 Å². The molecule has 0 aliphatic carbocycles. The summed E-state index contributed by atoms with van der Waals surface area (Å²) in [6.07, 6.45) is 2.24. The predicted octanol–water partition coefficient (Wildman–Crippen LogP) is 1.87. The van der Waals surface area contributed by atoms with Crippen molar-refractivity contribution in [3.63, 3.8) is 0 Å². The molecule has 14 heavy (non-hydrogen) atoms. The molecule has 0 bridgehead atoms. The molecule has 0 amide bonds. The maximum Gasteiger partial charge on any atom is 0.306 e. The van der Waals surface area contributed by atoms with E-state index in [0.717, 1.165) is 0 Å². The van der Waals surface area contributed by atoms with E-state index in [1.54, 1.807) is 13.0 Å². The molecule has 0 radical (unpaired) electrons. The number of rotatable bonds is 4. The molecule has 1 heterocycles. The second-order valence-corrected chi connectivity index (χ2v) is 3.13. The molecule has 4 heteroatoms. The van der Waals surface area contributed by atoms with E-state index in [2.05, 4.69) is 4.98 Å². The van der Waals surface area contributed by atoms with Crippen LogP contribution in [0.4, 0.5) is 4.39 Å². The number of aliphatic carboxylic acids is 1. The van der Waals surface area contributed by atoms with E-state index >= 15 is 0 Å². The van der Waals surface area contributed by atoms with Crippen LogP contribution < -0.4 is 0 Å². The number of hydrogen-bond donors (Lipinski definition) is 1. The number of carboxylic acids is 1. The first-order valence-corrected chi connectivity index (χ1v) is 4.46. The van der Waals surface area contributed by atoms with E-state index in [-0.39, 0.29) is 0 Å². The molecule has 0 saturated carbocycles. The molecule has 1 rings (SSSR count). The van der Waals surface area contributed by atoms with Crippen LogP contribution in [-0.4, -0.2) is 16.1 Å². The highest BCUT2D eigenvalue weighted by Gasteiger charge is 2.15. The Morgan fingerprint density at radius 3 is 2.93 bits per heavy atom. The number of hydrogen-bond acceptors (Lipinski definition) is 2. The second kappa shape index (κ2) is 4.69. The van der Waals surface area contributed by atoms with Gasteiger partial charge in [-0.1, -0.05) is 6.92 Å². The summed E-state index contributed by atoms with van der Waals surface area (Å²) < 4.78 is 12.7. The fraction of sp³-hybridized carbons (Fsp3) is 0.400. The van der Waals surface area contributed by atoms with Crippen LogP contribution >= 0.6 is 0 Å². The Morgan fingerprint density at radius 1 is 1.71 bits per heavy atom. The molecule has 0 spiro atoms. The Bertz CT molecular complexity index is 328. The Kier molecular flexibility index (Phi) is 3.56. The van der Waals surface area contributed by atoms with E-state index in [0.29, 0.717) is 18.4 Å². The average molecular weight is 197 g/mol. The number of nitrogens with zero attached hydrogens (tertiary/aromatic N) is 1. The summed E-state index contributed by atoms with van der Waals surface area (Å²) in [5.41, 5.74) is 0.673. The molecular weight excluding hydrogens is 185 g/mol. The number of carbonyl (C=O) groups is 1. The van der Waals surface area contributed by atoms with Crippen LogP contribution in [-0.2, 0) is 11.2 Å². The molecule has 0 aromatic carbocycles. The second-order valence-electron chi connectivity index (χ2n) is 3.13. The quantitative estimate of drug-likeness (QED) is 0.749. The third-order valence-electron chi connectivity index (χ3n) is 2.12. The Hall–Kier alpha value is -1.45. The molecule has 1 aromatic rings. The van der Waals surface area contributed by atoms with Crippen LogP contribution in [0.2, 0.25) is 0 Å². The summed E-state index contributed by atoms with van der Waals surface area (Å²) in [5.74, 6) is -1.86. The highest BCUT2D eigenvalue weighted by molar-refractivity contribution is 5.70. The topological polar surface area (TPSA) is 50.2 Å². The summed E-state index contributed by atoms with van der Waals surface area (Å²) in [4.78, 5) is 14.1. The zero-order chi connectivity index (χ0) is 10.6. The van der Waals surface area contributed by atoms with Crippen LogP contribution in [0.15, 0.2) is 18.3 Å². The Balaban J connectivity index is 2.72. The summed E-state index contributed by atoms with van der Waals surface area (Å²) in [6.45, 7) is 1.80. The van der Waals surface area contributed by atoms with Gasteiger partial charge in [-0.05, 0) is 30.5 Å². The molecule has 0 aliphatic rings. The van der Waals surface area contributed by atoms with Gasteiger partial charge in [0.2, 0.25) is 5.95 Å². The summed E-state index contributed by atoms with van der Waals surface area (Å²) >= 11 is 0. The average Bonchev–Trinajstić information content (AvgIpc) is 2.14. The minimum Gasteiger partial charge on any atom is -0.481 e. The van der Waals surface area contributed by atoms with E-state index < -0.39 is 17.8 Å². The Morgan fingerprint density at radius 2 is 2.43 bits per heavy atom. The zero-order valence-corrected chi connectivity index (χ0v) is 7.90. The number of pyridine rings is 1. The lowest BCUT2D eigenvalue weighted by Crippen LogP contribution is -2.15. The molecule has 1 aromatic heterocycles. The van der Waals surface area contributed by atoms with Crippen molar-refractivity contribution in [2.45, 2.75) is 19.8 Å². The highest BCUT2D eigenvalue weighted by atomic mass is 19.1. The third kappa shape index (κ3) is 2.80. The fourth-order valence-electron chi connectivity index (χ4n) is 1.26. The van der Waals surface area contributed by atoms with Crippen molar-refractivity contribution in [2.75, 3.05) is 0 Å². The normalized spacial score (nSPS) is 12.4. The standard InChI is InChI=1S/C10H12FNO2/c1-2-8(10(13)14)5-7-3-4-12-9(11)6-7/h3-4,6,8H,2,5H2,1H3,(H,13,14). The monoisotopic (exact) mass is 197 g/mol. The number of aromatic nitrogens is 1. The lowest BCUT2D eigenvalue weighted by molar-refractivity contribution is -0.141. The minimum atomic E-state index is -0.843. The van der Waals surface area contributed by atoms with Crippen molar-refractivity contribution in [3.8, 4) is 0 Å². The zero-order valence-electron chi connectivity index (χ0n) is 7.90. The van der Waals surface area contributed by atoms with E-state index in [4.69, 9.17) is 5.11 Å². The maximum atomic E-state index is 12.7. The molecule has 76 valence electrons. The van der Waals surface area contributed by atoms with E-state index in [9.17, 15) is 9.18 Å². The van der Waals surface area contributed by atoms with Crippen LogP contribution in [0.1, 0.15) is 18.9 Å². The van der Waals surface area contributed by atoms with Crippen LogP contribution in [0, 0.1) is 11.9 Å². The summed E-state index contributed by atoms with van der Waals surface area (Å²) in [7, 11) is 0. The van der Waals surface area contributed by atoms with Crippen LogP contribution in [0.25, 0.3) is 0 Å². The van der Waals surface area contributed by atoms with Crippen molar-refractivity contribution in [1.82, 2.24) is 4.98 Å². The smallest absolute Gasteiger partial charge is 0.306 e. The van der Waals surface area contributed by atoms with Crippen LogP contribution in [0.5, 0.6) is 0 Å². The summed E-state index contributed by atoms with van der Waals surface area (Å²) in [5, 5.41) is 8.79. The summed E-state index contributed by atoms with van der Waals surface area (Å²) in [6, 6.07) is 2.90. The molecule has 1 N–H and O–H groups in total. The van der Waals surface area contributed by atoms with Crippen molar-refractivity contribution in [1.29, 1.82) is 0 Å². The van der Waals surface area contributed by atoms with Gasteiger partial charge in [-0.15, -0.1) is 0 Å². The highest BCUT2D eigenvalue weighted by Crippen LogP contribution is 2.12. The van der Waals surface area contributed by atoms with Crippen molar-refractivity contribution in [2.24, 2.45) is 5.92 Å². The van der Waals surface area contributed by atoms with Gasteiger partial charge in [0.05, 0.1) is 5.92 Å². The van der Waals surface area contributed by atoms with Gasteiger partial charge in [0.1, 0.15) is 0 Å². The maximum absolute atomic E-state index is 12.7. The molecule has 1 atom stereocenters. The lowest BCUT2D eigenvalue weighted by Gasteiger charge is -2.08. The first kappa shape index (κ1) is 10.6. The first-order chi connectivity index (χ1) is 6.63. The number of carboxylic acid groups (broad SMARTS) is 1. The van der Waals surface area contributed by atoms with Gasteiger partial charge in [-0.25, -0.2) is 4.98 Å². The molecule has 0 fully saturated rings. The molecule has 0 saturated heterocycles. The molecule has 3 nitrogen and oxygen atoms in total. The van der Waals surface area contributed by atoms with Gasteiger partial charge < -0.3 is 5.11 Å². The van der Waals surface area contributed by atoms with Gasteiger partial charge >= 0.3 is 5.97 Å². The first-order valence-electron chi connectivity index (χ1n) is 4.46. The van der Waals surface area contributed by atoms with Crippen LogP contribution in [0.3, 0.4) is 0 Å². The van der Waals surface area contributed by atoms with Crippen molar-refractivity contribution in [3.05, 3.63) is 29.8 Å². The fourth-order valence-corrected chi connectivity index (χ4v) is 1.26. The van der Waals surface area contributed by atoms with Gasteiger partial charge in [0.25, 0.3) is 0 Å².